The number of rotatable bonds is 5. The highest BCUT2D eigenvalue weighted by Crippen LogP contribution is 2.28. The molecule has 0 bridgehead atoms. The SMILES string of the molecule is COc1ncnc2c1nc(N)n2C(C)CCC(C)C. The second-order valence-electron chi connectivity index (χ2n) is 5.22. The van der Waals surface area contributed by atoms with Crippen LogP contribution < -0.4 is 10.5 Å². The Morgan fingerprint density at radius 1 is 1.26 bits per heavy atom. The predicted molar refractivity (Wildman–Crippen MR) is 75.1 cm³/mol. The number of hydrogen-bond donors (Lipinski definition) is 1. The zero-order chi connectivity index (χ0) is 14.0. The van der Waals surface area contributed by atoms with E-state index >= 15 is 0 Å². The highest BCUT2D eigenvalue weighted by atomic mass is 16.5. The Morgan fingerprint density at radius 2 is 2.00 bits per heavy atom. The van der Waals surface area contributed by atoms with Crippen molar-refractivity contribution in [3.8, 4) is 5.88 Å². The summed E-state index contributed by atoms with van der Waals surface area (Å²) in [5, 5.41) is 0. The molecule has 0 radical (unpaired) electrons. The van der Waals surface area contributed by atoms with E-state index in [1.807, 2.05) is 4.57 Å². The predicted octanol–water partition coefficient (Wildman–Crippen LogP) is 2.41. The number of ether oxygens (including phenoxy) is 1. The van der Waals surface area contributed by atoms with Crippen LogP contribution in [-0.2, 0) is 0 Å². The summed E-state index contributed by atoms with van der Waals surface area (Å²) in [4.78, 5) is 12.7. The highest BCUT2D eigenvalue weighted by Gasteiger charge is 2.18. The number of methoxy groups -OCH3 is 1. The van der Waals surface area contributed by atoms with Crippen molar-refractivity contribution < 1.29 is 4.74 Å². The maximum absolute atomic E-state index is 6.01. The minimum atomic E-state index is 0.256. The van der Waals surface area contributed by atoms with Gasteiger partial charge in [-0.2, -0.15) is 4.98 Å². The molecule has 2 heterocycles. The van der Waals surface area contributed by atoms with E-state index < -0.39 is 0 Å². The lowest BCUT2D eigenvalue weighted by Crippen LogP contribution is -2.10. The molecule has 104 valence electrons. The van der Waals surface area contributed by atoms with Crippen LogP contribution in [0, 0.1) is 5.92 Å². The number of hydrogen-bond acceptors (Lipinski definition) is 5. The standard InChI is InChI=1S/C13H21N5O/c1-8(2)5-6-9(3)18-11-10(17-13(18)14)12(19-4)16-7-15-11/h7-9H,5-6H2,1-4H3,(H2,14,17). The zero-order valence-corrected chi connectivity index (χ0v) is 11.9. The van der Waals surface area contributed by atoms with Crippen molar-refractivity contribution in [2.75, 3.05) is 12.8 Å². The first-order valence-corrected chi connectivity index (χ1v) is 6.57. The molecule has 0 aliphatic rings. The Balaban J connectivity index is 2.40. The van der Waals surface area contributed by atoms with Gasteiger partial charge >= 0.3 is 0 Å². The van der Waals surface area contributed by atoms with Crippen LogP contribution in [0.4, 0.5) is 5.95 Å². The molecule has 19 heavy (non-hydrogen) atoms. The Morgan fingerprint density at radius 3 is 2.63 bits per heavy atom. The summed E-state index contributed by atoms with van der Waals surface area (Å²) >= 11 is 0. The average Bonchev–Trinajstić information content (AvgIpc) is 2.71. The Labute approximate surface area is 113 Å². The molecule has 6 nitrogen and oxygen atoms in total. The molecule has 0 saturated heterocycles. The quantitative estimate of drug-likeness (QED) is 0.896. The number of anilines is 1. The molecule has 0 aliphatic carbocycles. The van der Waals surface area contributed by atoms with Gasteiger partial charge in [0, 0.05) is 6.04 Å². The average molecular weight is 263 g/mol. The van der Waals surface area contributed by atoms with Crippen molar-refractivity contribution in [1.82, 2.24) is 19.5 Å². The number of fused-ring (bicyclic) bond motifs is 1. The largest absolute Gasteiger partial charge is 0.479 e. The molecule has 0 saturated carbocycles. The van der Waals surface area contributed by atoms with Crippen LogP contribution in [0.3, 0.4) is 0 Å². The smallest absolute Gasteiger partial charge is 0.245 e. The van der Waals surface area contributed by atoms with Gasteiger partial charge in [0.25, 0.3) is 0 Å². The zero-order valence-electron chi connectivity index (χ0n) is 11.9. The van der Waals surface area contributed by atoms with Crippen LogP contribution in [0.25, 0.3) is 11.2 Å². The third-order valence-corrected chi connectivity index (χ3v) is 3.27. The lowest BCUT2D eigenvalue weighted by Gasteiger charge is -2.16. The summed E-state index contributed by atoms with van der Waals surface area (Å²) in [7, 11) is 1.57. The Hall–Kier alpha value is -1.85. The third-order valence-electron chi connectivity index (χ3n) is 3.27. The van der Waals surface area contributed by atoms with Crippen LogP contribution in [0.15, 0.2) is 6.33 Å². The first-order chi connectivity index (χ1) is 9.04. The van der Waals surface area contributed by atoms with Crippen LogP contribution in [0.5, 0.6) is 5.88 Å². The molecule has 0 amide bonds. The molecule has 2 aromatic heterocycles. The molecule has 0 spiro atoms. The van der Waals surface area contributed by atoms with E-state index in [1.54, 1.807) is 7.11 Å². The number of aromatic nitrogens is 4. The lowest BCUT2D eigenvalue weighted by molar-refractivity contribution is 0.401. The van der Waals surface area contributed by atoms with E-state index in [4.69, 9.17) is 10.5 Å². The van der Waals surface area contributed by atoms with Gasteiger partial charge in [0.2, 0.25) is 11.8 Å². The van der Waals surface area contributed by atoms with Gasteiger partial charge in [-0.3, -0.25) is 4.57 Å². The summed E-state index contributed by atoms with van der Waals surface area (Å²) in [5.41, 5.74) is 7.37. The monoisotopic (exact) mass is 263 g/mol. The van der Waals surface area contributed by atoms with E-state index in [0.29, 0.717) is 23.3 Å². The van der Waals surface area contributed by atoms with E-state index in [2.05, 4.69) is 35.7 Å². The fraction of sp³-hybridized carbons (Fsp3) is 0.615. The normalized spacial score (nSPS) is 13.1. The van der Waals surface area contributed by atoms with Crippen molar-refractivity contribution >= 4 is 17.1 Å². The van der Waals surface area contributed by atoms with Gasteiger partial charge in [0.15, 0.2) is 11.2 Å². The summed E-state index contributed by atoms with van der Waals surface area (Å²) < 4.78 is 7.15. The number of nitrogens with two attached hydrogens (primary N) is 1. The molecule has 1 atom stereocenters. The van der Waals surface area contributed by atoms with Crippen LogP contribution in [-0.4, -0.2) is 26.6 Å². The number of nitrogen functional groups attached to an aromatic ring is 1. The van der Waals surface area contributed by atoms with Crippen LogP contribution in [0.2, 0.25) is 0 Å². The van der Waals surface area contributed by atoms with Gasteiger partial charge < -0.3 is 10.5 Å². The molecule has 0 fully saturated rings. The Kier molecular flexibility index (Phi) is 3.87. The van der Waals surface area contributed by atoms with Gasteiger partial charge in [0.05, 0.1) is 7.11 Å². The van der Waals surface area contributed by atoms with Gasteiger partial charge in [-0.05, 0) is 25.7 Å². The number of imidazole rings is 1. The van der Waals surface area contributed by atoms with Crippen molar-refractivity contribution in [2.45, 2.75) is 39.7 Å². The minimum absolute atomic E-state index is 0.256. The van der Waals surface area contributed by atoms with Crippen molar-refractivity contribution in [3.63, 3.8) is 0 Å². The maximum atomic E-state index is 6.01. The van der Waals surface area contributed by atoms with Gasteiger partial charge in [-0.15, -0.1) is 0 Å². The minimum Gasteiger partial charge on any atom is -0.479 e. The number of nitrogens with zero attached hydrogens (tertiary/aromatic N) is 4. The first kappa shape index (κ1) is 13.6. The fourth-order valence-electron chi connectivity index (χ4n) is 2.19. The molecule has 2 N–H and O–H groups in total. The van der Waals surface area contributed by atoms with E-state index in [9.17, 15) is 0 Å². The summed E-state index contributed by atoms with van der Waals surface area (Å²) in [5.74, 6) is 1.60. The van der Waals surface area contributed by atoms with Crippen LogP contribution >= 0.6 is 0 Å². The summed E-state index contributed by atoms with van der Waals surface area (Å²) in [6, 6.07) is 0.256. The summed E-state index contributed by atoms with van der Waals surface area (Å²) in [6.07, 6.45) is 3.66. The molecule has 6 heteroatoms. The van der Waals surface area contributed by atoms with E-state index in [0.717, 1.165) is 18.5 Å². The highest BCUT2D eigenvalue weighted by molar-refractivity contribution is 5.79. The topological polar surface area (TPSA) is 78.8 Å². The van der Waals surface area contributed by atoms with Gasteiger partial charge in [-0.1, -0.05) is 13.8 Å². The van der Waals surface area contributed by atoms with E-state index in [1.165, 1.54) is 6.33 Å². The second kappa shape index (κ2) is 5.42. The molecule has 2 rings (SSSR count). The van der Waals surface area contributed by atoms with Crippen molar-refractivity contribution in [1.29, 1.82) is 0 Å². The lowest BCUT2D eigenvalue weighted by atomic mass is 10.0. The summed E-state index contributed by atoms with van der Waals surface area (Å²) in [6.45, 7) is 6.56. The second-order valence-corrected chi connectivity index (χ2v) is 5.22. The van der Waals surface area contributed by atoms with Gasteiger partial charge in [0.1, 0.15) is 6.33 Å². The maximum Gasteiger partial charge on any atom is 0.245 e. The fourth-order valence-corrected chi connectivity index (χ4v) is 2.19. The molecule has 1 unspecified atom stereocenters. The molecule has 0 aromatic carbocycles. The van der Waals surface area contributed by atoms with Gasteiger partial charge in [-0.25, -0.2) is 9.97 Å². The third kappa shape index (κ3) is 2.62. The van der Waals surface area contributed by atoms with E-state index in [-0.39, 0.29) is 6.04 Å². The first-order valence-electron chi connectivity index (χ1n) is 6.57. The van der Waals surface area contributed by atoms with Crippen LogP contribution in [0.1, 0.15) is 39.7 Å². The van der Waals surface area contributed by atoms with Crippen molar-refractivity contribution in [2.24, 2.45) is 5.92 Å². The van der Waals surface area contributed by atoms with Crippen molar-refractivity contribution in [3.05, 3.63) is 6.33 Å². The molecular weight excluding hydrogens is 242 g/mol. The Bertz CT molecular complexity index is 563. The molecular formula is C13H21N5O. The molecule has 2 aromatic rings. The molecule has 0 aliphatic heterocycles.